The quantitative estimate of drug-likeness (QED) is 0.828. The zero-order valence-electron chi connectivity index (χ0n) is 9.22. The molecule has 0 aliphatic rings. The number of carbonyl (C=O) groups excluding carboxylic acids is 1. The van der Waals surface area contributed by atoms with Gasteiger partial charge >= 0.3 is 5.76 Å². The SMILES string of the molecule is CN(C)C(=O)c1ccc(S(=O)(=O)C(F)F)cc1. The van der Waals surface area contributed by atoms with Crippen LogP contribution in [0.2, 0.25) is 0 Å². The Morgan fingerprint density at radius 1 is 1.18 bits per heavy atom. The first-order valence-electron chi connectivity index (χ1n) is 4.60. The van der Waals surface area contributed by atoms with Crippen molar-refractivity contribution in [2.75, 3.05) is 14.1 Å². The second kappa shape index (κ2) is 4.79. The molecule has 94 valence electrons. The molecular weight excluding hydrogens is 252 g/mol. The normalized spacial score (nSPS) is 11.6. The lowest BCUT2D eigenvalue weighted by Crippen LogP contribution is -2.21. The fraction of sp³-hybridized carbons (Fsp3) is 0.300. The maximum Gasteiger partial charge on any atom is 0.341 e. The molecule has 0 saturated carbocycles. The Labute approximate surface area is 97.8 Å². The standard InChI is InChI=1S/C10H11F2NO3S/c1-13(2)9(14)7-3-5-8(6-4-7)17(15,16)10(11)12/h3-6,10H,1-2H3. The van der Waals surface area contributed by atoms with Crippen LogP contribution in [0, 0.1) is 0 Å². The van der Waals surface area contributed by atoms with E-state index >= 15 is 0 Å². The molecule has 4 nitrogen and oxygen atoms in total. The van der Waals surface area contributed by atoms with E-state index in [1.807, 2.05) is 0 Å². The molecule has 0 heterocycles. The van der Waals surface area contributed by atoms with Crippen LogP contribution < -0.4 is 0 Å². The van der Waals surface area contributed by atoms with Gasteiger partial charge in [0.2, 0.25) is 9.84 Å². The summed E-state index contributed by atoms with van der Waals surface area (Å²) in [5, 5.41) is 0. The van der Waals surface area contributed by atoms with Gasteiger partial charge in [0, 0.05) is 19.7 Å². The predicted octanol–water partition coefficient (Wildman–Crippen LogP) is 1.38. The van der Waals surface area contributed by atoms with Gasteiger partial charge in [-0.15, -0.1) is 0 Å². The average molecular weight is 263 g/mol. The van der Waals surface area contributed by atoms with E-state index < -0.39 is 20.5 Å². The number of hydrogen-bond acceptors (Lipinski definition) is 3. The second-order valence-corrected chi connectivity index (χ2v) is 5.45. The Kier molecular flexibility index (Phi) is 3.82. The van der Waals surface area contributed by atoms with Crippen molar-refractivity contribution in [3.8, 4) is 0 Å². The maximum absolute atomic E-state index is 12.2. The van der Waals surface area contributed by atoms with Crippen LogP contribution >= 0.6 is 0 Å². The van der Waals surface area contributed by atoms with Crippen LogP contribution in [0.15, 0.2) is 29.2 Å². The van der Waals surface area contributed by atoms with E-state index in [9.17, 15) is 22.0 Å². The van der Waals surface area contributed by atoms with Gasteiger partial charge < -0.3 is 4.90 Å². The number of benzene rings is 1. The van der Waals surface area contributed by atoms with E-state index in [1.54, 1.807) is 0 Å². The van der Waals surface area contributed by atoms with Gasteiger partial charge in [-0.25, -0.2) is 8.42 Å². The molecule has 0 aliphatic heterocycles. The zero-order chi connectivity index (χ0) is 13.2. The van der Waals surface area contributed by atoms with Crippen molar-refractivity contribution >= 4 is 15.7 Å². The van der Waals surface area contributed by atoms with Gasteiger partial charge in [0.1, 0.15) is 0 Å². The van der Waals surface area contributed by atoms with Crippen LogP contribution in [-0.4, -0.2) is 39.1 Å². The largest absolute Gasteiger partial charge is 0.345 e. The summed E-state index contributed by atoms with van der Waals surface area (Å²) >= 11 is 0. The highest BCUT2D eigenvalue weighted by molar-refractivity contribution is 7.91. The van der Waals surface area contributed by atoms with Gasteiger partial charge in [-0.3, -0.25) is 4.79 Å². The Morgan fingerprint density at radius 3 is 2.00 bits per heavy atom. The van der Waals surface area contributed by atoms with E-state index in [2.05, 4.69) is 0 Å². The summed E-state index contributed by atoms with van der Waals surface area (Å²) in [6.07, 6.45) is 0. The molecule has 0 bridgehead atoms. The maximum atomic E-state index is 12.2. The van der Waals surface area contributed by atoms with Gasteiger partial charge in [-0.2, -0.15) is 8.78 Å². The highest BCUT2D eigenvalue weighted by Crippen LogP contribution is 2.18. The van der Waals surface area contributed by atoms with Gasteiger partial charge in [-0.05, 0) is 24.3 Å². The molecule has 0 atom stereocenters. The Balaban J connectivity index is 3.09. The fourth-order valence-corrected chi connectivity index (χ4v) is 1.87. The molecule has 1 rings (SSSR count). The minimum atomic E-state index is -4.60. The summed E-state index contributed by atoms with van der Waals surface area (Å²) in [7, 11) is -1.53. The molecule has 0 N–H and O–H groups in total. The van der Waals surface area contributed by atoms with Crippen molar-refractivity contribution in [2.24, 2.45) is 0 Å². The number of sulfone groups is 1. The van der Waals surface area contributed by atoms with Gasteiger partial charge in [0.25, 0.3) is 5.91 Å². The Bertz CT molecular complexity index is 509. The van der Waals surface area contributed by atoms with Crippen molar-refractivity contribution in [2.45, 2.75) is 10.7 Å². The van der Waals surface area contributed by atoms with E-state index in [0.29, 0.717) is 0 Å². The van der Waals surface area contributed by atoms with Crippen molar-refractivity contribution in [3.63, 3.8) is 0 Å². The Morgan fingerprint density at radius 2 is 1.65 bits per heavy atom. The summed E-state index contributed by atoms with van der Waals surface area (Å²) < 4.78 is 46.6. The summed E-state index contributed by atoms with van der Waals surface area (Å²) in [5.74, 6) is -3.79. The first kappa shape index (κ1) is 13.6. The molecule has 0 saturated heterocycles. The molecule has 1 amide bonds. The number of hydrogen-bond donors (Lipinski definition) is 0. The lowest BCUT2D eigenvalue weighted by Gasteiger charge is -2.10. The van der Waals surface area contributed by atoms with Crippen molar-refractivity contribution < 1.29 is 22.0 Å². The topological polar surface area (TPSA) is 54.5 Å². The molecule has 0 aromatic heterocycles. The molecule has 0 fully saturated rings. The van der Waals surface area contributed by atoms with Crippen LogP contribution in [0.1, 0.15) is 10.4 Å². The van der Waals surface area contributed by atoms with Gasteiger partial charge in [-0.1, -0.05) is 0 Å². The third-order valence-corrected chi connectivity index (χ3v) is 3.47. The molecule has 0 radical (unpaired) electrons. The second-order valence-electron chi connectivity index (χ2n) is 3.53. The van der Waals surface area contributed by atoms with Crippen LogP contribution in [-0.2, 0) is 9.84 Å². The van der Waals surface area contributed by atoms with Crippen LogP contribution in [0.5, 0.6) is 0 Å². The first-order chi connectivity index (χ1) is 7.76. The number of halogens is 2. The molecule has 7 heteroatoms. The molecule has 0 spiro atoms. The first-order valence-corrected chi connectivity index (χ1v) is 6.15. The van der Waals surface area contributed by atoms with Crippen LogP contribution in [0.25, 0.3) is 0 Å². The summed E-state index contributed by atoms with van der Waals surface area (Å²) in [4.78, 5) is 12.3. The zero-order valence-corrected chi connectivity index (χ0v) is 10.0. The van der Waals surface area contributed by atoms with Crippen molar-refractivity contribution in [3.05, 3.63) is 29.8 Å². The van der Waals surface area contributed by atoms with Gasteiger partial charge in [0.15, 0.2) is 0 Å². The van der Waals surface area contributed by atoms with Crippen molar-refractivity contribution in [1.29, 1.82) is 0 Å². The van der Waals surface area contributed by atoms with E-state index in [-0.39, 0.29) is 11.5 Å². The third-order valence-electron chi connectivity index (χ3n) is 2.07. The number of alkyl halides is 2. The van der Waals surface area contributed by atoms with Gasteiger partial charge in [0.05, 0.1) is 4.90 Å². The minimum absolute atomic E-state index is 0.239. The number of rotatable bonds is 3. The number of nitrogens with zero attached hydrogens (tertiary/aromatic N) is 1. The molecule has 1 aromatic rings. The minimum Gasteiger partial charge on any atom is -0.345 e. The number of amides is 1. The van der Waals surface area contributed by atoms with Crippen LogP contribution in [0.3, 0.4) is 0 Å². The lowest BCUT2D eigenvalue weighted by atomic mass is 10.2. The molecule has 0 aliphatic carbocycles. The van der Waals surface area contributed by atoms with E-state index in [4.69, 9.17) is 0 Å². The summed E-state index contributed by atoms with van der Waals surface area (Å²) in [6, 6.07) is 4.41. The smallest absolute Gasteiger partial charge is 0.341 e. The van der Waals surface area contributed by atoms with Crippen molar-refractivity contribution in [1.82, 2.24) is 4.90 Å². The number of carbonyl (C=O) groups is 1. The van der Waals surface area contributed by atoms with E-state index in [1.165, 1.54) is 31.1 Å². The molecule has 17 heavy (non-hydrogen) atoms. The highest BCUT2D eigenvalue weighted by atomic mass is 32.2. The summed E-state index contributed by atoms with van der Waals surface area (Å²) in [6.45, 7) is 0. The molecule has 1 aromatic carbocycles. The fourth-order valence-electron chi connectivity index (χ4n) is 1.15. The third kappa shape index (κ3) is 2.79. The van der Waals surface area contributed by atoms with E-state index in [0.717, 1.165) is 12.1 Å². The Hall–Kier alpha value is -1.50. The van der Waals surface area contributed by atoms with Crippen LogP contribution in [0.4, 0.5) is 8.78 Å². The molecule has 0 unspecified atom stereocenters. The lowest BCUT2D eigenvalue weighted by molar-refractivity contribution is 0.0827. The molecular formula is C10H11F2NO3S. The monoisotopic (exact) mass is 263 g/mol. The highest BCUT2D eigenvalue weighted by Gasteiger charge is 2.26. The average Bonchev–Trinajstić information content (AvgIpc) is 2.27. The summed E-state index contributed by atoms with van der Waals surface area (Å²) in [5.41, 5.74) is 0.239. The predicted molar refractivity (Wildman–Crippen MR) is 57.6 cm³/mol.